The van der Waals surface area contributed by atoms with Crippen LogP contribution in [0.2, 0.25) is 0 Å². The lowest BCUT2D eigenvalue weighted by Gasteiger charge is -2.24. The zero-order chi connectivity index (χ0) is 21.6. The number of methoxy groups -OCH3 is 3. The van der Waals surface area contributed by atoms with Crippen molar-refractivity contribution in [1.29, 1.82) is 0 Å². The molecule has 1 N–H and O–H groups in total. The van der Waals surface area contributed by atoms with Crippen LogP contribution in [0.25, 0.3) is 0 Å². The van der Waals surface area contributed by atoms with Crippen molar-refractivity contribution in [2.45, 2.75) is 13.0 Å². The second kappa shape index (κ2) is 9.51. The van der Waals surface area contributed by atoms with E-state index in [0.29, 0.717) is 22.9 Å². The molecule has 0 saturated carbocycles. The van der Waals surface area contributed by atoms with E-state index in [1.165, 1.54) is 14.2 Å². The van der Waals surface area contributed by atoms with Crippen LogP contribution in [0.5, 0.6) is 17.2 Å². The average Bonchev–Trinajstić information content (AvgIpc) is 2.70. The first-order valence-corrected chi connectivity index (χ1v) is 10.7. The van der Waals surface area contributed by atoms with Gasteiger partial charge >= 0.3 is 0 Å². The van der Waals surface area contributed by atoms with Gasteiger partial charge < -0.3 is 19.5 Å². The molecule has 0 bridgehead atoms. The summed E-state index contributed by atoms with van der Waals surface area (Å²) in [5, 5.41) is 2.81. The van der Waals surface area contributed by atoms with E-state index in [4.69, 9.17) is 14.2 Å². The Balaban J connectivity index is 2.20. The lowest BCUT2D eigenvalue weighted by molar-refractivity contribution is -0.120. The van der Waals surface area contributed by atoms with Crippen LogP contribution in [0.4, 0.5) is 5.69 Å². The van der Waals surface area contributed by atoms with Crippen molar-refractivity contribution in [2.24, 2.45) is 0 Å². The van der Waals surface area contributed by atoms with Gasteiger partial charge in [-0.05, 0) is 36.8 Å². The molecule has 8 nitrogen and oxygen atoms in total. The van der Waals surface area contributed by atoms with Crippen LogP contribution < -0.4 is 23.8 Å². The highest BCUT2D eigenvalue weighted by Gasteiger charge is 2.24. The quantitative estimate of drug-likeness (QED) is 0.667. The van der Waals surface area contributed by atoms with Crippen molar-refractivity contribution in [3.63, 3.8) is 0 Å². The number of carbonyl (C=O) groups excluding carboxylic acids is 1. The SMILES string of the molecule is COc1ccc(C(C)NC(=O)CN(c2ccccc2OC)S(C)(=O)=O)cc1OC. The highest BCUT2D eigenvalue weighted by molar-refractivity contribution is 7.92. The summed E-state index contributed by atoms with van der Waals surface area (Å²) in [6.07, 6.45) is 1.05. The number of rotatable bonds is 9. The molecule has 1 unspecified atom stereocenters. The van der Waals surface area contributed by atoms with Crippen molar-refractivity contribution in [3.8, 4) is 17.2 Å². The fourth-order valence-corrected chi connectivity index (χ4v) is 3.70. The van der Waals surface area contributed by atoms with Crippen molar-refractivity contribution in [2.75, 3.05) is 38.4 Å². The number of nitrogens with zero attached hydrogens (tertiary/aromatic N) is 1. The predicted octanol–water partition coefficient (Wildman–Crippen LogP) is 2.36. The normalized spacial score (nSPS) is 12.0. The van der Waals surface area contributed by atoms with Gasteiger partial charge in [0.15, 0.2) is 11.5 Å². The summed E-state index contributed by atoms with van der Waals surface area (Å²) in [6.45, 7) is 1.42. The number of sulfonamides is 1. The van der Waals surface area contributed by atoms with E-state index < -0.39 is 15.9 Å². The maximum Gasteiger partial charge on any atom is 0.241 e. The van der Waals surface area contributed by atoms with Crippen LogP contribution in [-0.2, 0) is 14.8 Å². The second-order valence-corrected chi connectivity index (χ2v) is 8.25. The Morgan fingerprint density at radius 3 is 2.21 bits per heavy atom. The summed E-state index contributed by atoms with van der Waals surface area (Å²) in [5.41, 5.74) is 1.09. The molecule has 1 atom stereocenters. The fraction of sp³-hybridized carbons (Fsp3) is 0.350. The van der Waals surface area contributed by atoms with Crippen molar-refractivity contribution in [3.05, 3.63) is 48.0 Å². The Bertz CT molecular complexity index is 961. The van der Waals surface area contributed by atoms with E-state index in [0.717, 1.165) is 16.1 Å². The Morgan fingerprint density at radius 2 is 1.62 bits per heavy atom. The summed E-state index contributed by atoms with van der Waals surface area (Å²) in [5.74, 6) is 1.02. The van der Waals surface area contributed by atoms with Crippen LogP contribution in [0.1, 0.15) is 18.5 Å². The Labute approximate surface area is 171 Å². The van der Waals surface area contributed by atoms with Gasteiger partial charge in [-0.2, -0.15) is 0 Å². The van der Waals surface area contributed by atoms with Crippen LogP contribution in [0, 0.1) is 0 Å². The van der Waals surface area contributed by atoms with E-state index >= 15 is 0 Å². The van der Waals surface area contributed by atoms with Crippen LogP contribution in [-0.4, -0.2) is 48.5 Å². The number of ether oxygens (including phenoxy) is 3. The topological polar surface area (TPSA) is 94.2 Å². The summed E-state index contributed by atoms with van der Waals surface area (Å²) in [6, 6.07) is 11.6. The Morgan fingerprint density at radius 1 is 1.00 bits per heavy atom. The molecular formula is C20H26N2O6S. The van der Waals surface area contributed by atoms with Gasteiger partial charge in [-0.15, -0.1) is 0 Å². The molecular weight excluding hydrogens is 396 g/mol. The van der Waals surface area contributed by atoms with Gasteiger partial charge in [-0.1, -0.05) is 18.2 Å². The monoisotopic (exact) mass is 422 g/mol. The minimum atomic E-state index is -3.71. The molecule has 0 spiro atoms. The van der Waals surface area contributed by atoms with Crippen molar-refractivity contribution in [1.82, 2.24) is 5.32 Å². The van der Waals surface area contributed by atoms with Gasteiger partial charge in [0.05, 0.1) is 39.3 Å². The van der Waals surface area contributed by atoms with Crippen molar-refractivity contribution >= 4 is 21.6 Å². The van der Waals surface area contributed by atoms with E-state index in [-0.39, 0.29) is 12.6 Å². The van der Waals surface area contributed by atoms with Gasteiger partial charge in [0.2, 0.25) is 15.9 Å². The van der Waals surface area contributed by atoms with E-state index in [1.807, 2.05) is 0 Å². The molecule has 1 amide bonds. The first-order chi connectivity index (χ1) is 13.7. The molecule has 0 heterocycles. The Hall–Kier alpha value is -2.94. The number of nitrogens with one attached hydrogen (secondary N) is 1. The first kappa shape index (κ1) is 22.4. The van der Waals surface area contributed by atoms with Gasteiger partial charge in [0.1, 0.15) is 12.3 Å². The summed E-state index contributed by atoms with van der Waals surface area (Å²) < 4.78 is 41.4. The molecule has 2 aromatic rings. The molecule has 2 rings (SSSR count). The number of anilines is 1. The summed E-state index contributed by atoms with van der Waals surface area (Å²) >= 11 is 0. The highest BCUT2D eigenvalue weighted by atomic mass is 32.2. The number of hydrogen-bond acceptors (Lipinski definition) is 6. The third kappa shape index (κ3) is 5.54. The number of hydrogen-bond donors (Lipinski definition) is 1. The first-order valence-electron chi connectivity index (χ1n) is 8.83. The van der Waals surface area contributed by atoms with Gasteiger partial charge in [-0.25, -0.2) is 8.42 Å². The van der Waals surface area contributed by atoms with Crippen LogP contribution in [0.15, 0.2) is 42.5 Å². The lowest BCUT2D eigenvalue weighted by Crippen LogP contribution is -2.41. The maximum absolute atomic E-state index is 12.6. The molecule has 0 aromatic heterocycles. The molecule has 0 fully saturated rings. The van der Waals surface area contributed by atoms with E-state index in [1.54, 1.807) is 56.5 Å². The summed E-state index contributed by atoms with van der Waals surface area (Å²) in [4.78, 5) is 12.6. The molecule has 2 aromatic carbocycles. The third-order valence-corrected chi connectivity index (χ3v) is 5.45. The summed E-state index contributed by atoms with van der Waals surface area (Å²) in [7, 11) is 0.805. The minimum Gasteiger partial charge on any atom is -0.495 e. The zero-order valence-corrected chi connectivity index (χ0v) is 17.9. The van der Waals surface area contributed by atoms with Gasteiger partial charge in [0, 0.05) is 0 Å². The molecule has 9 heteroatoms. The molecule has 158 valence electrons. The fourth-order valence-electron chi connectivity index (χ4n) is 2.84. The molecule has 0 saturated heterocycles. The molecule has 0 aliphatic rings. The zero-order valence-electron chi connectivity index (χ0n) is 17.1. The standard InChI is InChI=1S/C20H26N2O6S/c1-14(15-10-11-18(27-3)19(12-15)28-4)21-20(23)13-22(29(5,24)25)16-8-6-7-9-17(16)26-2/h6-12,14H,13H2,1-5H3,(H,21,23). The van der Waals surface area contributed by atoms with Gasteiger partial charge in [0.25, 0.3) is 0 Å². The van der Waals surface area contributed by atoms with E-state index in [9.17, 15) is 13.2 Å². The number of carbonyl (C=O) groups is 1. The lowest BCUT2D eigenvalue weighted by atomic mass is 10.1. The second-order valence-electron chi connectivity index (χ2n) is 6.35. The molecule has 0 radical (unpaired) electrons. The van der Waals surface area contributed by atoms with Gasteiger partial charge in [-0.3, -0.25) is 9.10 Å². The van der Waals surface area contributed by atoms with E-state index in [2.05, 4.69) is 5.32 Å². The Kier molecular flexibility index (Phi) is 7.33. The highest BCUT2D eigenvalue weighted by Crippen LogP contribution is 2.31. The van der Waals surface area contributed by atoms with Crippen molar-refractivity contribution < 1.29 is 27.4 Å². The smallest absolute Gasteiger partial charge is 0.241 e. The maximum atomic E-state index is 12.6. The third-order valence-electron chi connectivity index (χ3n) is 4.33. The average molecular weight is 423 g/mol. The number of para-hydroxylation sites is 2. The minimum absolute atomic E-state index is 0.298. The number of amides is 1. The predicted molar refractivity (Wildman–Crippen MR) is 111 cm³/mol. The van der Waals surface area contributed by atoms with Crippen LogP contribution >= 0.6 is 0 Å². The largest absolute Gasteiger partial charge is 0.495 e. The number of benzene rings is 2. The molecule has 0 aliphatic carbocycles. The molecule has 29 heavy (non-hydrogen) atoms. The molecule has 0 aliphatic heterocycles. The van der Waals surface area contributed by atoms with Crippen LogP contribution in [0.3, 0.4) is 0 Å².